The van der Waals surface area contributed by atoms with Gasteiger partial charge in [-0.15, -0.1) is 10.2 Å². The van der Waals surface area contributed by atoms with Crippen LogP contribution >= 0.6 is 0 Å². The molecule has 1 aliphatic rings. The van der Waals surface area contributed by atoms with Crippen molar-refractivity contribution in [2.24, 2.45) is 0 Å². The molecule has 0 radical (unpaired) electrons. The molecule has 9 heteroatoms. The largest absolute Gasteiger partial charge is 0.451 e. The van der Waals surface area contributed by atoms with E-state index in [0.29, 0.717) is 24.5 Å². The number of sulfonamides is 1. The molecule has 3 rings (SSSR count). The van der Waals surface area contributed by atoms with Gasteiger partial charge >= 0.3 is 0 Å². The first kappa shape index (κ1) is 17.1. The quantitative estimate of drug-likeness (QED) is 0.780. The molecule has 0 aliphatic carbocycles. The van der Waals surface area contributed by atoms with Gasteiger partial charge in [-0.05, 0) is 13.0 Å². The highest BCUT2D eigenvalue weighted by atomic mass is 32.2. The molecule has 2 aromatic rings. The van der Waals surface area contributed by atoms with Crippen molar-refractivity contribution in [3.63, 3.8) is 0 Å². The van der Waals surface area contributed by atoms with Crippen LogP contribution in [0, 0.1) is 6.92 Å². The number of nitrogens with zero attached hydrogens (tertiary/aromatic N) is 4. The minimum absolute atomic E-state index is 0.0876. The molecule has 0 aromatic carbocycles. The summed E-state index contributed by atoms with van der Waals surface area (Å²) >= 11 is 0. The molecule has 0 atom stereocenters. The first-order valence-electron chi connectivity index (χ1n) is 8.12. The first-order valence-corrected chi connectivity index (χ1v) is 9.56. The van der Waals surface area contributed by atoms with E-state index in [1.54, 1.807) is 6.92 Å². The molecule has 0 spiro atoms. The summed E-state index contributed by atoms with van der Waals surface area (Å²) in [7, 11) is -3.64. The lowest BCUT2D eigenvalue weighted by atomic mass is 10.3. The van der Waals surface area contributed by atoms with Crippen molar-refractivity contribution in [1.82, 2.24) is 19.4 Å². The van der Waals surface area contributed by atoms with Gasteiger partial charge in [-0.1, -0.05) is 13.3 Å². The van der Waals surface area contributed by atoms with Crippen molar-refractivity contribution >= 4 is 10.0 Å². The topological polar surface area (TPSA) is 92.7 Å². The zero-order chi connectivity index (χ0) is 17.2. The van der Waals surface area contributed by atoms with Crippen LogP contribution in [0.4, 0.5) is 0 Å². The van der Waals surface area contributed by atoms with Crippen LogP contribution in [0.25, 0.3) is 11.5 Å². The second kappa shape index (κ2) is 7.04. The number of hydrogen-bond donors (Lipinski definition) is 0. The Morgan fingerprint density at radius 3 is 2.58 bits per heavy atom. The summed E-state index contributed by atoms with van der Waals surface area (Å²) in [5.74, 6) is 0.667. The van der Waals surface area contributed by atoms with Gasteiger partial charge in [-0.25, -0.2) is 8.42 Å². The van der Waals surface area contributed by atoms with Crippen LogP contribution < -0.4 is 0 Å². The smallest absolute Gasteiger partial charge is 0.276 e. The monoisotopic (exact) mass is 354 g/mol. The molecule has 0 bridgehead atoms. The van der Waals surface area contributed by atoms with Crippen LogP contribution in [-0.4, -0.2) is 60.5 Å². The number of aryl methyl sites for hydroxylation is 1. The first-order chi connectivity index (χ1) is 11.5. The highest BCUT2D eigenvalue weighted by molar-refractivity contribution is 7.89. The second-order valence-corrected chi connectivity index (χ2v) is 7.75. The fourth-order valence-electron chi connectivity index (χ4n) is 2.68. The number of unbranched alkanes of at least 4 members (excludes halogenated alkanes) is 1. The Labute approximate surface area is 141 Å². The highest BCUT2D eigenvalue weighted by Gasteiger charge is 2.31. The zero-order valence-corrected chi connectivity index (χ0v) is 14.8. The van der Waals surface area contributed by atoms with Crippen LogP contribution in [0.3, 0.4) is 0 Å². The van der Waals surface area contributed by atoms with Crippen molar-refractivity contribution in [3.05, 3.63) is 18.2 Å². The predicted octanol–water partition coefficient (Wildman–Crippen LogP) is 1.74. The number of furan rings is 1. The van der Waals surface area contributed by atoms with Crippen LogP contribution in [-0.2, 0) is 10.0 Å². The van der Waals surface area contributed by atoms with E-state index in [9.17, 15) is 8.42 Å². The number of rotatable bonds is 6. The summed E-state index contributed by atoms with van der Waals surface area (Å²) < 4.78 is 37.4. The van der Waals surface area contributed by atoms with Crippen LogP contribution in [0.15, 0.2) is 26.3 Å². The minimum Gasteiger partial charge on any atom is -0.451 e. The van der Waals surface area contributed by atoms with Crippen molar-refractivity contribution in [2.45, 2.75) is 31.8 Å². The molecule has 132 valence electrons. The molecule has 1 saturated heterocycles. The maximum atomic E-state index is 12.7. The predicted molar refractivity (Wildman–Crippen MR) is 86.8 cm³/mol. The zero-order valence-electron chi connectivity index (χ0n) is 13.9. The number of hydrogen-bond acceptors (Lipinski definition) is 7. The molecule has 24 heavy (non-hydrogen) atoms. The Balaban J connectivity index is 1.69. The van der Waals surface area contributed by atoms with E-state index >= 15 is 0 Å². The Morgan fingerprint density at radius 2 is 1.96 bits per heavy atom. The average molecular weight is 354 g/mol. The molecular formula is C15H22N4O4S. The SMILES string of the molecule is CCCCN1CCN(S(=O)(=O)c2cc(-c3nnc(C)o3)co2)CC1. The number of aromatic nitrogens is 2. The van der Waals surface area contributed by atoms with Crippen molar-refractivity contribution in [1.29, 1.82) is 0 Å². The van der Waals surface area contributed by atoms with Gasteiger partial charge in [0.1, 0.15) is 6.26 Å². The molecule has 1 fully saturated rings. The Morgan fingerprint density at radius 1 is 1.21 bits per heavy atom. The molecular weight excluding hydrogens is 332 g/mol. The Kier molecular flexibility index (Phi) is 5.02. The van der Waals surface area contributed by atoms with Gasteiger partial charge < -0.3 is 13.7 Å². The van der Waals surface area contributed by atoms with E-state index < -0.39 is 10.0 Å². The summed E-state index contributed by atoms with van der Waals surface area (Å²) in [5, 5.41) is 7.52. The van der Waals surface area contributed by atoms with Crippen molar-refractivity contribution < 1.29 is 17.3 Å². The van der Waals surface area contributed by atoms with Gasteiger partial charge in [0.25, 0.3) is 15.9 Å². The summed E-state index contributed by atoms with van der Waals surface area (Å²) in [6, 6.07) is 1.44. The molecule has 2 aromatic heterocycles. The standard InChI is InChI=1S/C15H22N4O4S/c1-3-4-5-18-6-8-19(9-7-18)24(20,21)14-10-13(11-22-14)15-17-16-12(2)23-15/h10-11H,3-9H2,1-2H3. The van der Waals surface area contributed by atoms with Crippen molar-refractivity contribution in [3.8, 4) is 11.5 Å². The van der Waals surface area contributed by atoms with Crippen LogP contribution in [0.2, 0.25) is 0 Å². The maximum Gasteiger partial charge on any atom is 0.276 e. The van der Waals surface area contributed by atoms with Crippen molar-refractivity contribution in [2.75, 3.05) is 32.7 Å². The Bertz CT molecular complexity index is 775. The van der Waals surface area contributed by atoms with E-state index in [2.05, 4.69) is 22.0 Å². The summed E-state index contributed by atoms with van der Waals surface area (Å²) in [4.78, 5) is 2.30. The summed E-state index contributed by atoms with van der Waals surface area (Å²) in [6.45, 7) is 7.28. The van der Waals surface area contributed by atoms with Gasteiger partial charge in [0, 0.05) is 39.2 Å². The van der Waals surface area contributed by atoms with Gasteiger partial charge in [0.05, 0.1) is 5.56 Å². The lowest BCUT2D eigenvalue weighted by Crippen LogP contribution is -2.48. The third-order valence-electron chi connectivity index (χ3n) is 4.10. The molecule has 8 nitrogen and oxygen atoms in total. The van der Waals surface area contributed by atoms with E-state index in [1.165, 1.54) is 16.6 Å². The molecule has 0 amide bonds. The normalized spacial score (nSPS) is 17.4. The van der Waals surface area contributed by atoms with Gasteiger partial charge in [-0.3, -0.25) is 0 Å². The Hall–Kier alpha value is -1.71. The number of piperazine rings is 1. The molecule has 0 saturated carbocycles. The fraction of sp³-hybridized carbons (Fsp3) is 0.600. The average Bonchev–Trinajstić information content (AvgIpc) is 3.22. The summed E-state index contributed by atoms with van der Waals surface area (Å²) in [5.41, 5.74) is 0.468. The maximum absolute atomic E-state index is 12.7. The van der Waals surface area contributed by atoms with Gasteiger partial charge in [-0.2, -0.15) is 4.31 Å². The lowest BCUT2D eigenvalue weighted by Gasteiger charge is -2.33. The second-order valence-electron chi connectivity index (χ2n) is 5.88. The molecule has 0 unspecified atom stereocenters. The van der Waals surface area contributed by atoms with E-state index in [-0.39, 0.29) is 11.0 Å². The third kappa shape index (κ3) is 3.52. The summed E-state index contributed by atoms with van der Waals surface area (Å²) in [6.07, 6.45) is 3.61. The third-order valence-corrected chi connectivity index (χ3v) is 5.87. The van der Waals surface area contributed by atoms with Crippen LogP contribution in [0.5, 0.6) is 0 Å². The molecule has 1 aliphatic heterocycles. The van der Waals surface area contributed by atoms with Crippen LogP contribution in [0.1, 0.15) is 25.7 Å². The minimum atomic E-state index is -3.64. The lowest BCUT2D eigenvalue weighted by molar-refractivity contribution is 0.184. The molecule has 0 N–H and O–H groups in total. The van der Waals surface area contributed by atoms with Gasteiger partial charge in [0.2, 0.25) is 11.0 Å². The highest BCUT2D eigenvalue weighted by Crippen LogP contribution is 2.26. The van der Waals surface area contributed by atoms with Gasteiger partial charge in [0.15, 0.2) is 0 Å². The molecule has 3 heterocycles. The van der Waals surface area contributed by atoms with E-state index in [1.807, 2.05) is 0 Å². The van der Waals surface area contributed by atoms with E-state index in [4.69, 9.17) is 8.83 Å². The fourth-order valence-corrected chi connectivity index (χ4v) is 4.02. The van der Waals surface area contributed by atoms with E-state index in [0.717, 1.165) is 32.5 Å².